The van der Waals surface area contributed by atoms with E-state index < -0.39 is 10.8 Å². The maximum absolute atomic E-state index is 12.3. The number of amides is 1. The topological polar surface area (TPSA) is 193 Å². The van der Waals surface area contributed by atoms with Crippen molar-refractivity contribution in [3.63, 3.8) is 0 Å². The van der Waals surface area contributed by atoms with E-state index in [1.165, 1.54) is 23.0 Å². The number of rotatable bonds is 6. The van der Waals surface area contributed by atoms with Gasteiger partial charge >= 0.3 is 0 Å². The molecule has 0 spiro atoms. The maximum Gasteiger partial charge on any atom is 0.293 e. The van der Waals surface area contributed by atoms with Gasteiger partial charge in [-0.2, -0.15) is 9.78 Å². The molecular weight excluding hydrogens is 410 g/mol. The van der Waals surface area contributed by atoms with Crippen molar-refractivity contribution in [2.24, 2.45) is 5.10 Å². The predicted molar refractivity (Wildman–Crippen MR) is 104 cm³/mol. The minimum Gasteiger partial charge on any atom is -0.455 e. The Morgan fingerprint density at radius 2 is 2.16 bits per heavy atom. The van der Waals surface area contributed by atoms with Crippen LogP contribution < -0.4 is 11.2 Å². The normalized spacial score (nSPS) is 11.1. The summed E-state index contributed by atoms with van der Waals surface area (Å²) in [7, 11) is 0. The van der Waals surface area contributed by atoms with Gasteiger partial charge in [-0.15, -0.1) is 5.10 Å². The lowest BCUT2D eigenvalue weighted by molar-refractivity contribution is -0.384. The molecule has 156 valence electrons. The van der Waals surface area contributed by atoms with Crippen LogP contribution >= 0.6 is 0 Å². The number of furan rings is 1. The Morgan fingerprint density at radius 1 is 1.32 bits per heavy atom. The fourth-order valence-electron chi connectivity index (χ4n) is 2.64. The number of hydrazone groups is 1. The minimum atomic E-state index is -0.625. The number of carbonyl (C=O) groups excluding carboxylic acids is 1. The van der Waals surface area contributed by atoms with E-state index in [4.69, 9.17) is 10.2 Å². The van der Waals surface area contributed by atoms with Gasteiger partial charge in [-0.05, 0) is 29.4 Å². The molecule has 0 unspecified atom stereocenters. The molecule has 3 heterocycles. The highest BCUT2D eigenvalue weighted by Crippen LogP contribution is 2.25. The first-order valence-corrected chi connectivity index (χ1v) is 8.63. The van der Waals surface area contributed by atoms with Crippen molar-refractivity contribution in [2.45, 2.75) is 6.92 Å². The molecule has 31 heavy (non-hydrogen) atoms. The number of hydrogen-bond donors (Lipinski definition) is 2. The smallest absolute Gasteiger partial charge is 0.293 e. The third-order valence-electron chi connectivity index (χ3n) is 4.13. The van der Waals surface area contributed by atoms with Crippen LogP contribution in [0.15, 0.2) is 50.5 Å². The molecule has 1 aromatic carbocycles. The molecule has 14 nitrogen and oxygen atoms in total. The standard InChI is InChI=1S/C17H13N9O5/c1-9-14(20-24-25(9)16-15(18)22-31-23-16)17(27)21-19-8-12-5-6-13(30-12)10-3-2-4-11(7-10)26(28)29/h2-8H,1H3,(H2,18,22)(H,21,27)/b19-8-. The molecule has 1 amide bonds. The molecule has 4 rings (SSSR count). The van der Waals surface area contributed by atoms with Gasteiger partial charge in [-0.1, -0.05) is 17.3 Å². The number of nitrogen functional groups attached to an aromatic ring is 1. The van der Waals surface area contributed by atoms with E-state index in [2.05, 4.69) is 35.8 Å². The Labute approximate surface area is 172 Å². The van der Waals surface area contributed by atoms with Crippen LogP contribution in [-0.4, -0.2) is 42.4 Å². The van der Waals surface area contributed by atoms with Gasteiger partial charge in [0.05, 0.1) is 16.8 Å². The molecule has 0 radical (unpaired) electrons. The molecule has 0 saturated heterocycles. The number of benzene rings is 1. The van der Waals surface area contributed by atoms with Gasteiger partial charge in [0.1, 0.15) is 11.5 Å². The summed E-state index contributed by atoms with van der Waals surface area (Å²) in [6.07, 6.45) is 1.28. The van der Waals surface area contributed by atoms with Gasteiger partial charge in [0.25, 0.3) is 11.6 Å². The summed E-state index contributed by atoms with van der Waals surface area (Å²) < 4.78 is 11.3. The van der Waals surface area contributed by atoms with E-state index >= 15 is 0 Å². The number of carbonyl (C=O) groups is 1. The second-order valence-electron chi connectivity index (χ2n) is 6.12. The highest BCUT2D eigenvalue weighted by Gasteiger charge is 2.20. The van der Waals surface area contributed by atoms with Gasteiger partial charge in [0.15, 0.2) is 5.69 Å². The van der Waals surface area contributed by atoms with Crippen LogP contribution in [0.25, 0.3) is 17.1 Å². The van der Waals surface area contributed by atoms with Crippen LogP contribution in [0.3, 0.4) is 0 Å². The lowest BCUT2D eigenvalue weighted by atomic mass is 10.1. The Bertz CT molecular complexity index is 1300. The SMILES string of the molecule is Cc1c(C(=O)N/N=C\c2ccc(-c3cccc([N+](=O)[O-])c3)o2)nnn1-c1nonc1N. The fraction of sp³-hybridized carbons (Fsp3) is 0.0588. The average Bonchev–Trinajstić information content (AvgIpc) is 3.48. The Kier molecular flexibility index (Phi) is 4.93. The summed E-state index contributed by atoms with van der Waals surface area (Å²) >= 11 is 0. The molecule has 0 aliphatic heterocycles. The molecule has 0 aliphatic carbocycles. The van der Waals surface area contributed by atoms with Gasteiger partial charge < -0.3 is 10.2 Å². The van der Waals surface area contributed by atoms with Crippen molar-refractivity contribution < 1.29 is 18.8 Å². The molecule has 0 saturated carbocycles. The van der Waals surface area contributed by atoms with Crippen LogP contribution in [-0.2, 0) is 0 Å². The van der Waals surface area contributed by atoms with Crippen molar-refractivity contribution in [3.8, 4) is 17.1 Å². The Morgan fingerprint density at radius 3 is 2.90 bits per heavy atom. The first-order chi connectivity index (χ1) is 14.9. The van der Waals surface area contributed by atoms with Crippen molar-refractivity contribution >= 4 is 23.6 Å². The zero-order valence-corrected chi connectivity index (χ0v) is 15.8. The average molecular weight is 423 g/mol. The van der Waals surface area contributed by atoms with E-state index in [0.29, 0.717) is 22.8 Å². The quantitative estimate of drug-likeness (QED) is 0.260. The van der Waals surface area contributed by atoms with Gasteiger partial charge in [-0.25, -0.2) is 10.1 Å². The zero-order chi connectivity index (χ0) is 22.0. The van der Waals surface area contributed by atoms with E-state index in [-0.39, 0.29) is 23.0 Å². The summed E-state index contributed by atoms with van der Waals surface area (Å²) in [6, 6.07) is 9.25. The molecule has 14 heteroatoms. The summed E-state index contributed by atoms with van der Waals surface area (Å²) in [5, 5.41) is 29.4. The largest absolute Gasteiger partial charge is 0.455 e. The molecule has 4 aromatic rings. The predicted octanol–water partition coefficient (Wildman–Crippen LogP) is 1.47. The second kappa shape index (κ2) is 7.86. The minimum absolute atomic E-state index is 0.00345. The van der Waals surface area contributed by atoms with E-state index in [1.807, 2.05) is 0 Å². The molecule has 0 aliphatic rings. The molecule has 0 bridgehead atoms. The second-order valence-corrected chi connectivity index (χ2v) is 6.12. The number of nitrogens with zero attached hydrogens (tertiary/aromatic N) is 7. The van der Waals surface area contributed by atoms with Crippen molar-refractivity contribution in [1.82, 2.24) is 30.7 Å². The molecular formula is C17H13N9O5. The highest BCUT2D eigenvalue weighted by atomic mass is 16.6. The number of anilines is 1. The molecule has 3 aromatic heterocycles. The van der Waals surface area contributed by atoms with Crippen LogP contribution in [0.5, 0.6) is 0 Å². The van der Waals surface area contributed by atoms with Crippen molar-refractivity contribution in [3.05, 3.63) is 63.7 Å². The number of nitro groups is 1. The summed E-state index contributed by atoms with van der Waals surface area (Å²) in [6.45, 7) is 1.59. The number of nitrogens with two attached hydrogens (primary N) is 1. The third kappa shape index (κ3) is 3.84. The third-order valence-corrected chi connectivity index (χ3v) is 4.13. The number of nitro benzene ring substituents is 1. The molecule has 0 atom stereocenters. The lowest BCUT2D eigenvalue weighted by Gasteiger charge is -1.99. The Balaban J connectivity index is 1.45. The number of hydrogen-bond acceptors (Lipinski definition) is 11. The fourth-order valence-corrected chi connectivity index (χ4v) is 2.64. The van der Waals surface area contributed by atoms with Crippen molar-refractivity contribution in [1.29, 1.82) is 0 Å². The zero-order valence-electron chi connectivity index (χ0n) is 15.8. The van der Waals surface area contributed by atoms with Crippen LogP contribution in [0.4, 0.5) is 11.5 Å². The molecule has 3 N–H and O–H groups in total. The van der Waals surface area contributed by atoms with E-state index in [0.717, 1.165) is 0 Å². The summed E-state index contributed by atoms with van der Waals surface area (Å²) in [5.41, 5.74) is 8.75. The first kappa shape index (κ1) is 19.4. The van der Waals surface area contributed by atoms with Gasteiger partial charge in [0, 0.05) is 17.7 Å². The number of non-ortho nitro benzene ring substituents is 1. The first-order valence-electron chi connectivity index (χ1n) is 8.63. The Hall–Kier alpha value is -4.88. The number of aromatic nitrogens is 5. The molecule has 0 fully saturated rings. The lowest BCUT2D eigenvalue weighted by Crippen LogP contribution is -2.19. The van der Waals surface area contributed by atoms with Crippen LogP contribution in [0.1, 0.15) is 21.9 Å². The summed E-state index contributed by atoms with van der Waals surface area (Å²) in [4.78, 5) is 22.7. The van der Waals surface area contributed by atoms with Crippen LogP contribution in [0.2, 0.25) is 0 Å². The van der Waals surface area contributed by atoms with Crippen LogP contribution in [0, 0.1) is 17.0 Å². The summed E-state index contributed by atoms with van der Waals surface area (Å²) in [5.74, 6) is 0.213. The monoisotopic (exact) mass is 423 g/mol. The highest BCUT2D eigenvalue weighted by molar-refractivity contribution is 5.94. The van der Waals surface area contributed by atoms with Gasteiger partial charge in [0.2, 0.25) is 11.6 Å². The number of nitrogens with one attached hydrogen (secondary N) is 1. The van der Waals surface area contributed by atoms with E-state index in [1.54, 1.807) is 31.2 Å². The van der Waals surface area contributed by atoms with Gasteiger partial charge in [-0.3, -0.25) is 14.9 Å². The maximum atomic E-state index is 12.3. The van der Waals surface area contributed by atoms with Crippen molar-refractivity contribution in [2.75, 3.05) is 5.73 Å². The van der Waals surface area contributed by atoms with E-state index in [9.17, 15) is 14.9 Å².